The Morgan fingerprint density at radius 2 is 1.90 bits per heavy atom. The molecule has 5 rings (SSSR count). The van der Waals surface area contributed by atoms with E-state index in [-0.39, 0.29) is 30.5 Å². The fraction of sp³-hybridized carbons (Fsp3) is 0.483. The number of amides is 2. The number of aliphatic hydroxyl groups excluding tert-OH is 2. The third-order valence-electron chi connectivity index (χ3n) is 7.29. The number of nitrogens with one attached hydrogen (secondary N) is 1. The van der Waals surface area contributed by atoms with Gasteiger partial charge >= 0.3 is 6.09 Å². The number of piperidine rings is 1. The van der Waals surface area contributed by atoms with Crippen molar-refractivity contribution < 1.29 is 29.3 Å². The Balaban J connectivity index is 1.16. The first-order chi connectivity index (χ1) is 20.3. The van der Waals surface area contributed by atoms with Crippen LogP contribution in [0.2, 0.25) is 0 Å². The molecule has 42 heavy (non-hydrogen) atoms. The SMILES string of the molecule is Cc1ccc(OC(=O)N2CCC(CC#Cc3nc(N)c4ncn(CO[C@H](C(=O)NC5CC5)[C@H](O)CO)c4n3)CC2)cc1. The maximum atomic E-state index is 12.5. The van der Waals surface area contributed by atoms with Gasteiger partial charge in [0.1, 0.15) is 24.1 Å². The van der Waals surface area contributed by atoms with Gasteiger partial charge in [-0.25, -0.2) is 19.7 Å². The van der Waals surface area contributed by atoms with Crippen LogP contribution in [-0.4, -0.2) is 84.6 Å². The minimum absolute atomic E-state index is 0.0744. The molecule has 1 aliphatic carbocycles. The molecule has 0 spiro atoms. The molecule has 2 fully saturated rings. The topological polar surface area (TPSA) is 178 Å². The van der Waals surface area contributed by atoms with Crippen LogP contribution in [0.5, 0.6) is 5.75 Å². The number of likely N-dealkylation sites (tertiary alicyclic amines) is 1. The monoisotopic (exact) mass is 577 g/mol. The van der Waals surface area contributed by atoms with Crippen LogP contribution in [-0.2, 0) is 16.3 Å². The van der Waals surface area contributed by atoms with Gasteiger partial charge in [0.15, 0.2) is 17.6 Å². The highest BCUT2D eigenvalue weighted by atomic mass is 16.6. The van der Waals surface area contributed by atoms with E-state index in [2.05, 4.69) is 32.1 Å². The standard InChI is InChI=1S/C29H35N7O6/c1-18-5-9-21(10-6-18)42-29(40)35-13-11-19(12-14-35)3-2-4-23-33-26(30)24-27(34-23)36(16-31-24)17-41-25(22(38)15-37)28(39)32-20-7-8-20/h5-6,9-10,16,19-20,22,25,37-38H,3,7-8,11-15,17H2,1H3,(H,32,39)(H2,30,33,34)/t22-,25+/m1/s1. The van der Waals surface area contributed by atoms with Gasteiger partial charge in [0.25, 0.3) is 5.91 Å². The van der Waals surface area contributed by atoms with Crippen LogP contribution < -0.4 is 15.8 Å². The molecule has 1 saturated carbocycles. The summed E-state index contributed by atoms with van der Waals surface area (Å²) in [4.78, 5) is 39.7. The molecule has 3 aromatic rings. The van der Waals surface area contributed by atoms with Gasteiger partial charge in [-0.05, 0) is 56.6 Å². The van der Waals surface area contributed by atoms with Gasteiger partial charge in [-0.2, -0.15) is 0 Å². The summed E-state index contributed by atoms with van der Waals surface area (Å²) in [5, 5.41) is 22.3. The molecule has 3 heterocycles. The Hall–Kier alpha value is -4.25. The fourth-order valence-corrected chi connectivity index (χ4v) is 4.61. The summed E-state index contributed by atoms with van der Waals surface area (Å²) in [6, 6.07) is 7.45. The van der Waals surface area contributed by atoms with E-state index in [0.717, 1.165) is 31.2 Å². The van der Waals surface area contributed by atoms with E-state index in [1.807, 2.05) is 19.1 Å². The molecule has 0 unspecified atom stereocenters. The first-order valence-corrected chi connectivity index (χ1v) is 14.0. The number of anilines is 1. The number of rotatable bonds is 9. The van der Waals surface area contributed by atoms with Crippen molar-refractivity contribution in [3.63, 3.8) is 0 Å². The number of nitrogen functional groups attached to an aromatic ring is 1. The Bertz CT molecular complexity index is 1470. The van der Waals surface area contributed by atoms with Crippen LogP contribution >= 0.6 is 0 Å². The minimum atomic E-state index is -1.38. The molecule has 2 aromatic heterocycles. The van der Waals surface area contributed by atoms with E-state index < -0.39 is 24.7 Å². The molecule has 2 atom stereocenters. The summed E-state index contributed by atoms with van der Waals surface area (Å²) >= 11 is 0. The molecule has 2 amide bonds. The van der Waals surface area contributed by atoms with Crippen LogP contribution in [0.1, 0.15) is 43.5 Å². The number of hydrogen-bond donors (Lipinski definition) is 4. The number of benzene rings is 1. The van der Waals surface area contributed by atoms with Crippen molar-refractivity contribution in [3.05, 3.63) is 42.0 Å². The number of aryl methyl sites for hydroxylation is 1. The molecule has 13 heteroatoms. The van der Waals surface area contributed by atoms with Gasteiger partial charge in [-0.15, -0.1) is 0 Å². The Morgan fingerprint density at radius 3 is 2.60 bits per heavy atom. The van der Waals surface area contributed by atoms with Gasteiger partial charge in [0.2, 0.25) is 5.82 Å². The maximum absolute atomic E-state index is 12.5. The van der Waals surface area contributed by atoms with Crippen molar-refractivity contribution in [3.8, 4) is 17.6 Å². The molecule has 5 N–H and O–H groups in total. The summed E-state index contributed by atoms with van der Waals surface area (Å²) in [5.74, 6) is 6.85. The molecular formula is C29H35N7O6. The summed E-state index contributed by atoms with van der Waals surface area (Å²) < 4.78 is 12.7. The molecule has 13 nitrogen and oxygen atoms in total. The van der Waals surface area contributed by atoms with E-state index in [0.29, 0.717) is 42.3 Å². The summed E-state index contributed by atoms with van der Waals surface area (Å²) in [7, 11) is 0. The number of nitrogens with zero attached hydrogens (tertiary/aromatic N) is 5. The fourth-order valence-electron chi connectivity index (χ4n) is 4.61. The van der Waals surface area contributed by atoms with Gasteiger partial charge < -0.3 is 35.6 Å². The van der Waals surface area contributed by atoms with Gasteiger partial charge in [-0.3, -0.25) is 9.36 Å². The lowest BCUT2D eigenvalue weighted by atomic mass is 9.94. The lowest BCUT2D eigenvalue weighted by Gasteiger charge is -2.30. The van der Waals surface area contributed by atoms with Crippen LogP contribution in [0.25, 0.3) is 11.2 Å². The van der Waals surface area contributed by atoms with Crippen molar-refractivity contribution in [2.45, 2.75) is 64.0 Å². The Morgan fingerprint density at radius 1 is 1.17 bits per heavy atom. The van der Waals surface area contributed by atoms with E-state index >= 15 is 0 Å². The van der Waals surface area contributed by atoms with Crippen molar-refractivity contribution in [1.82, 2.24) is 29.7 Å². The molecular weight excluding hydrogens is 542 g/mol. The second kappa shape index (κ2) is 13.2. The molecule has 0 radical (unpaired) electrons. The molecule has 222 valence electrons. The number of nitrogens with two attached hydrogens (primary N) is 1. The number of aliphatic hydroxyl groups is 2. The van der Waals surface area contributed by atoms with Crippen LogP contribution in [0.4, 0.5) is 10.6 Å². The smallest absolute Gasteiger partial charge is 0.410 e. The highest BCUT2D eigenvalue weighted by Gasteiger charge is 2.32. The second-order valence-electron chi connectivity index (χ2n) is 10.7. The maximum Gasteiger partial charge on any atom is 0.415 e. The number of carbonyl (C=O) groups is 2. The van der Waals surface area contributed by atoms with Crippen LogP contribution in [0.15, 0.2) is 30.6 Å². The number of carbonyl (C=O) groups excluding carboxylic acids is 2. The van der Waals surface area contributed by atoms with Crippen LogP contribution in [0.3, 0.4) is 0 Å². The van der Waals surface area contributed by atoms with E-state index in [4.69, 9.17) is 15.2 Å². The number of fused-ring (bicyclic) bond motifs is 1. The van der Waals surface area contributed by atoms with Crippen molar-refractivity contribution >= 4 is 29.0 Å². The summed E-state index contributed by atoms with van der Waals surface area (Å²) in [6.45, 7) is 2.38. The number of hydrogen-bond acceptors (Lipinski definition) is 10. The van der Waals surface area contributed by atoms with Gasteiger partial charge in [0.05, 0.1) is 12.9 Å². The van der Waals surface area contributed by atoms with Crippen molar-refractivity contribution in [2.75, 3.05) is 25.4 Å². The largest absolute Gasteiger partial charge is 0.415 e. The normalized spacial score (nSPS) is 16.9. The second-order valence-corrected chi connectivity index (χ2v) is 10.7. The molecule has 1 saturated heterocycles. The van der Waals surface area contributed by atoms with Crippen LogP contribution in [0, 0.1) is 24.7 Å². The highest BCUT2D eigenvalue weighted by molar-refractivity contribution is 5.82. The lowest BCUT2D eigenvalue weighted by Crippen LogP contribution is -2.46. The lowest BCUT2D eigenvalue weighted by molar-refractivity contribution is -0.147. The third kappa shape index (κ3) is 7.33. The van der Waals surface area contributed by atoms with Crippen molar-refractivity contribution in [1.29, 1.82) is 0 Å². The number of imidazole rings is 1. The van der Waals surface area contributed by atoms with E-state index in [1.165, 1.54) is 10.9 Å². The molecule has 2 aliphatic rings. The molecule has 0 bridgehead atoms. The minimum Gasteiger partial charge on any atom is -0.410 e. The molecule has 1 aliphatic heterocycles. The number of aromatic nitrogens is 4. The number of ether oxygens (including phenoxy) is 2. The first kappa shape index (κ1) is 29.2. The zero-order valence-electron chi connectivity index (χ0n) is 23.4. The van der Waals surface area contributed by atoms with Gasteiger partial charge in [-0.1, -0.05) is 23.6 Å². The van der Waals surface area contributed by atoms with Gasteiger partial charge in [0, 0.05) is 25.6 Å². The zero-order chi connectivity index (χ0) is 29.6. The first-order valence-electron chi connectivity index (χ1n) is 14.0. The predicted molar refractivity (Wildman–Crippen MR) is 152 cm³/mol. The van der Waals surface area contributed by atoms with Crippen molar-refractivity contribution in [2.24, 2.45) is 5.92 Å². The average molecular weight is 578 g/mol. The summed E-state index contributed by atoms with van der Waals surface area (Å²) in [5.41, 5.74) is 7.93. The summed E-state index contributed by atoms with van der Waals surface area (Å²) in [6.07, 6.45) is 2.43. The highest BCUT2D eigenvalue weighted by Crippen LogP contribution is 2.23. The van der Waals surface area contributed by atoms with E-state index in [9.17, 15) is 19.8 Å². The quantitative estimate of drug-likeness (QED) is 0.271. The zero-order valence-corrected chi connectivity index (χ0v) is 23.4. The predicted octanol–water partition coefficient (Wildman–Crippen LogP) is 1.34. The average Bonchev–Trinajstić information content (AvgIpc) is 3.71. The Labute approximate surface area is 243 Å². The molecule has 1 aromatic carbocycles. The third-order valence-corrected chi connectivity index (χ3v) is 7.29. The Kier molecular flexibility index (Phi) is 9.16. The van der Waals surface area contributed by atoms with E-state index in [1.54, 1.807) is 17.0 Å².